The van der Waals surface area contributed by atoms with Crippen molar-refractivity contribution in [2.24, 2.45) is 5.14 Å². The Hall–Kier alpha value is -1.76. The topological polar surface area (TPSA) is 85.1 Å². The molecule has 0 saturated heterocycles. The van der Waals surface area contributed by atoms with Crippen LogP contribution in [0, 0.1) is 6.92 Å². The Morgan fingerprint density at radius 1 is 1.13 bits per heavy atom. The number of aryl methyl sites for hydroxylation is 2. The minimum Gasteiger partial charge on any atom is -0.311 e. The van der Waals surface area contributed by atoms with Crippen molar-refractivity contribution < 1.29 is 8.42 Å². The van der Waals surface area contributed by atoms with E-state index in [1.54, 1.807) is 18.3 Å². The molecule has 1 aromatic carbocycles. The van der Waals surface area contributed by atoms with Gasteiger partial charge in [0.1, 0.15) is 0 Å². The zero-order valence-electron chi connectivity index (χ0n) is 13.3. The number of unbranched alkanes of at least 4 members (excludes halogenated alkanes) is 1. The van der Waals surface area contributed by atoms with Crippen molar-refractivity contribution in [3.63, 3.8) is 0 Å². The third kappa shape index (κ3) is 5.42. The highest BCUT2D eigenvalue weighted by Crippen LogP contribution is 2.16. The van der Waals surface area contributed by atoms with Crippen LogP contribution >= 0.6 is 0 Å². The predicted molar refractivity (Wildman–Crippen MR) is 91.4 cm³/mol. The molecule has 0 aliphatic carbocycles. The average Bonchev–Trinajstić information content (AvgIpc) is 2.52. The lowest BCUT2D eigenvalue weighted by Gasteiger charge is -2.08. The highest BCUT2D eigenvalue weighted by atomic mass is 32.2. The van der Waals surface area contributed by atoms with Crippen molar-refractivity contribution in [3.8, 4) is 0 Å². The van der Waals surface area contributed by atoms with E-state index in [1.807, 2.05) is 31.2 Å². The van der Waals surface area contributed by atoms with Crippen LogP contribution in [0.4, 0.5) is 0 Å². The molecule has 0 aliphatic rings. The number of nitrogens with two attached hydrogens (primary N) is 1. The highest BCUT2D eigenvalue weighted by molar-refractivity contribution is 7.89. The van der Waals surface area contributed by atoms with Crippen molar-refractivity contribution in [2.75, 3.05) is 6.54 Å². The van der Waals surface area contributed by atoms with E-state index < -0.39 is 10.0 Å². The first kappa shape index (κ1) is 17.6. The first-order valence-electron chi connectivity index (χ1n) is 7.70. The van der Waals surface area contributed by atoms with Gasteiger partial charge in [-0.1, -0.05) is 24.3 Å². The van der Waals surface area contributed by atoms with Gasteiger partial charge in [-0.15, -0.1) is 0 Å². The summed E-state index contributed by atoms with van der Waals surface area (Å²) in [6, 6.07) is 10.9. The summed E-state index contributed by atoms with van der Waals surface area (Å²) in [6.45, 7) is 3.67. The number of aromatic nitrogens is 1. The van der Waals surface area contributed by atoms with E-state index >= 15 is 0 Å². The summed E-state index contributed by atoms with van der Waals surface area (Å²) in [7, 11) is -3.65. The lowest BCUT2D eigenvalue weighted by molar-refractivity contribution is 0.593. The van der Waals surface area contributed by atoms with Crippen molar-refractivity contribution >= 4 is 10.0 Å². The Balaban J connectivity index is 1.75. The highest BCUT2D eigenvalue weighted by Gasteiger charge is 2.12. The van der Waals surface area contributed by atoms with Crippen molar-refractivity contribution in [1.82, 2.24) is 10.3 Å². The smallest absolute Gasteiger partial charge is 0.238 e. The second kappa shape index (κ2) is 8.19. The largest absolute Gasteiger partial charge is 0.311 e. The van der Waals surface area contributed by atoms with Gasteiger partial charge in [-0.05, 0) is 56.0 Å². The molecule has 1 aromatic heterocycles. The molecule has 0 bridgehead atoms. The summed E-state index contributed by atoms with van der Waals surface area (Å²) in [5, 5.41) is 8.61. The van der Waals surface area contributed by atoms with Crippen LogP contribution in [0.25, 0.3) is 0 Å². The molecule has 2 rings (SSSR count). The molecule has 0 unspecified atom stereocenters. The van der Waals surface area contributed by atoms with Gasteiger partial charge in [0.15, 0.2) is 0 Å². The van der Waals surface area contributed by atoms with Crippen LogP contribution in [0.3, 0.4) is 0 Å². The lowest BCUT2D eigenvalue weighted by Crippen LogP contribution is -2.17. The summed E-state index contributed by atoms with van der Waals surface area (Å²) in [4.78, 5) is 4.57. The van der Waals surface area contributed by atoms with Crippen LogP contribution < -0.4 is 10.5 Å². The second-order valence-corrected chi connectivity index (χ2v) is 7.08. The Kier molecular flexibility index (Phi) is 6.27. The number of sulfonamides is 1. The van der Waals surface area contributed by atoms with E-state index in [-0.39, 0.29) is 4.90 Å². The summed E-state index contributed by atoms with van der Waals surface area (Å²) >= 11 is 0. The van der Waals surface area contributed by atoms with Gasteiger partial charge in [0.25, 0.3) is 0 Å². The number of hydrogen-bond acceptors (Lipinski definition) is 4. The predicted octanol–water partition coefficient (Wildman–Crippen LogP) is 2.15. The third-order valence-corrected chi connectivity index (χ3v) is 4.75. The first-order chi connectivity index (χ1) is 11.0. The van der Waals surface area contributed by atoms with Gasteiger partial charge in [0.05, 0.1) is 10.6 Å². The van der Waals surface area contributed by atoms with E-state index in [9.17, 15) is 8.42 Å². The molecule has 0 aliphatic heterocycles. The van der Waals surface area contributed by atoms with Gasteiger partial charge in [-0.2, -0.15) is 0 Å². The molecule has 0 fully saturated rings. The van der Waals surface area contributed by atoms with E-state index in [1.165, 1.54) is 5.56 Å². The number of benzene rings is 1. The molecule has 3 N–H and O–H groups in total. The standard InChI is InChI=1S/C17H23N3O2S/c1-14-7-6-12-20-16(14)13-19-11-5-4-9-15-8-2-3-10-17(15)23(18,21)22/h2-3,6-8,10,12,19H,4-5,9,11,13H2,1H3,(H2,18,21,22). The van der Waals surface area contributed by atoms with Crippen LogP contribution in [0.5, 0.6) is 0 Å². The maximum Gasteiger partial charge on any atom is 0.238 e. The molecule has 0 amide bonds. The van der Waals surface area contributed by atoms with Crippen LogP contribution in [0.2, 0.25) is 0 Å². The maximum atomic E-state index is 11.5. The number of nitrogens with one attached hydrogen (secondary N) is 1. The van der Waals surface area contributed by atoms with Crippen LogP contribution in [-0.4, -0.2) is 19.9 Å². The van der Waals surface area contributed by atoms with Gasteiger partial charge in [0.2, 0.25) is 10.0 Å². The number of rotatable bonds is 8. The third-order valence-electron chi connectivity index (χ3n) is 3.74. The Labute approximate surface area is 138 Å². The summed E-state index contributed by atoms with van der Waals surface area (Å²) in [6.07, 6.45) is 4.37. The molecule has 0 spiro atoms. The van der Waals surface area contributed by atoms with Crippen LogP contribution in [-0.2, 0) is 23.0 Å². The van der Waals surface area contributed by atoms with E-state index in [4.69, 9.17) is 5.14 Å². The van der Waals surface area contributed by atoms with Crippen molar-refractivity contribution in [3.05, 3.63) is 59.4 Å². The number of pyridine rings is 1. The summed E-state index contributed by atoms with van der Waals surface area (Å²) < 4.78 is 23.1. The fourth-order valence-corrected chi connectivity index (χ4v) is 3.27. The van der Waals surface area contributed by atoms with E-state index in [2.05, 4.69) is 10.3 Å². The summed E-state index contributed by atoms with van der Waals surface area (Å²) in [5.41, 5.74) is 3.03. The average molecular weight is 333 g/mol. The second-order valence-electron chi connectivity index (χ2n) is 5.55. The van der Waals surface area contributed by atoms with Crippen LogP contribution in [0.1, 0.15) is 29.7 Å². The first-order valence-corrected chi connectivity index (χ1v) is 9.25. The molecular weight excluding hydrogens is 310 g/mol. The van der Waals surface area contributed by atoms with Crippen molar-refractivity contribution in [1.29, 1.82) is 0 Å². The number of hydrogen-bond donors (Lipinski definition) is 2. The van der Waals surface area contributed by atoms with Gasteiger partial charge in [-0.25, -0.2) is 13.6 Å². The molecule has 1 heterocycles. The minimum absolute atomic E-state index is 0.233. The fraction of sp³-hybridized carbons (Fsp3) is 0.353. The van der Waals surface area contributed by atoms with Gasteiger partial charge in [-0.3, -0.25) is 4.98 Å². The Morgan fingerprint density at radius 2 is 1.91 bits per heavy atom. The molecule has 124 valence electrons. The van der Waals surface area contributed by atoms with Crippen LogP contribution in [0.15, 0.2) is 47.5 Å². The number of primary sulfonamides is 1. The lowest BCUT2D eigenvalue weighted by atomic mass is 10.1. The summed E-state index contributed by atoms with van der Waals surface area (Å²) in [5.74, 6) is 0. The van der Waals surface area contributed by atoms with Gasteiger partial charge >= 0.3 is 0 Å². The molecule has 2 aromatic rings. The zero-order chi connectivity index (χ0) is 16.7. The zero-order valence-corrected chi connectivity index (χ0v) is 14.1. The van der Waals surface area contributed by atoms with E-state index in [0.717, 1.165) is 37.2 Å². The van der Waals surface area contributed by atoms with Gasteiger partial charge < -0.3 is 5.32 Å². The normalized spacial score (nSPS) is 11.6. The quantitative estimate of drug-likeness (QED) is 0.725. The molecule has 0 saturated carbocycles. The number of nitrogens with zero attached hydrogens (tertiary/aromatic N) is 1. The maximum absolute atomic E-state index is 11.5. The monoisotopic (exact) mass is 333 g/mol. The minimum atomic E-state index is -3.65. The van der Waals surface area contributed by atoms with Gasteiger partial charge in [0, 0.05) is 12.7 Å². The van der Waals surface area contributed by atoms with Crippen molar-refractivity contribution in [2.45, 2.75) is 37.6 Å². The molecule has 5 nitrogen and oxygen atoms in total. The molecule has 0 radical (unpaired) electrons. The fourth-order valence-electron chi connectivity index (χ4n) is 2.46. The SMILES string of the molecule is Cc1cccnc1CNCCCCc1ccccc1S(N)(=O)=O. The molecular formula is C17H23N3O2S. The molecule has 23 heavy (non-hydrogen) atoms. The van der Waals surface area contributed by atoms with E-state index in [0.29, 0.717) is 6.42 Å². The molecule has 0 atom stereocenters. The molecule has 6 heteroatoms. The Morgan fingerprint density at radius 3 is 2.65 bits per heavy atom. The Bertz CT molecular complexity index is 745.